The largest absolute Gasteiger partial charge is 0.469 e. The number of hydrogen-bond acceptors (Lipinski definition) is 2. The molecule has 0 unspecified atom stereocenters. The van der Waals surface area contributed by atoms with Gasteiger partial charge in [-0.2, -0.15) is 0 Å². The molecule has 2 heteroatoms. The molecule has 3 fully saturated rings. The summed E-state index contributed by atoms with van der Waals surface area (Å²) >= 11 is 0. The van der Waals surface area contributed by atoms with E-state index in [1.54, 1.807) is 0 Å². The van der Waals surface area contributed by atoms with Crippen molar-refractivity contribution in [3.05, 3.63) is 0 Å². The van der Waals surface area contributed by atoms with E-state index in [1.165, 1.54) is 39.2 Å². The van der Waals surface area contributed by atoms with E-state index in [0.717, 1.165) is 12.3 Å². The lowest BCUT2D eigenvalue weighted by atomic mass is 9.80. The van der Waals surface area contributed by atoms with Crippen molar-refractivity contribution >= 4 is 5.97 Å². The number of carbonyl (C=O) groups is 1. The molecule has 3 saturated carbocycles. The highest BCUT2D eigenvalue weighted by Gasteiger charge is 2.36. The van der Waals surface area contributed by atoms with E-state index in [4.69, 9.17) is 4.74 Å². The van der Waals surface area contributed by atoms with Crippen LogP contribution in [0.5, 0.6) is 0 Å². The van der Waals surface area contributed by atoms with E-state index in [9.17, 15) is 4.79 Å². The van der Waals surface area contributed by atoms with Gasteiger partial charge < -0.3 is 4.74 Å². The van der Waals surface area contributed by atoms with Gasteiger partial charge in [-0.3, -0.25) is 4.79 Å². The Morgan fingerprint density at radius 3 is 2.31 bits per heavy atom. The molecular formula is C11H18O2. The molecule has 0 aromatic heterocycles. The molecule has 0 aromatic rings. The average molecular weight is 182 g/mol. The maximum absolute atomic E-state index is 11.5. The molecule has 2 bridgehead atoms. The Morgan fingerprint density at radius 2 is 1.69 bits per heavy atom. The molecule has 74 valence electrons. The van der Waals surface area contributed by atoms with Crippen LogP contribution in [0.15, 0.2) is 0 Å². The summed E-state index contributed by atoms with van der Waals surface area (Å²) in [5, 5.41) is 0. The summed E-state index contributed by atoms with van der Waals surface area (Å²) in [7, 11) is 1.51. The van der Waals surface area contributed by atoms with Crippen molar-refractivity contribution in [3.8, 4) is 0 Å². The molecule has 0 amide bonds. The molecule has 0 heterocycles. The van der Waals surface area contributed by atoms with Gasteiger partial charge in [0.1, 0.15) is 0 Å². The summed E-state index contributed by atoms with van der Waals surface area (Å²) in [5.41, 5.74) is 0. The van der Waals surface area contributed by atoms with Crippen LogP contribution >= 0.6 is 0 Å². The maximum atomic E-state index is 11.5. The third-order valence-corrected chi connectivity index (χ3v) is 3.85. The Morgan fingerprint density at radius 1 is 1.08 bits per heavy atom. The molecule has 3 rings (SSSR count). The summed E-state index contributed by atoms with van der Waals surface area (Å²) < 4.78 is 4.86. The molecule has 3 aliphatic carbocycles. The van der Waals surface area contributed by atoms with Gasteiger partial charge >= 0.3 is 5.97 Å². The Balaban J connectivity index is 2.06. The van der Waals surface area contributed by atoms with Crippen LogP contribution < -0.4 is 0 Å². The number of hydrogen-bond donors (Lipinski definition) is 0. The second-order valence-corrected chi connectivity index (χ2v) is 4.49. The van der Waals surface area contributed by atoms with Gasteiger partial charge in [0.15, 0.2) is 0 Å². The highest BCUT2D eigenvalue weighted by molar-refractivity contribution is 5.72. The summed E-state index contributed by atoms with van der Waals surface area (Å²) in [6.45, 7) is 0. The number of fused-ring (bicyclic) bond motifs is 4. The van der Waals surface area contributed by atoms with Crippen LogP contribution in [-0.4, -0.2) is 13.1 Å². The fourth-order valence-electron chi connectivity index (χ4n) is 2.99. The lowest BCUT2D eigenvalue weighted by Crippen LogP contribution is -2.24. The van der Waals surface area contributed by atoms with E-state index in [0.29, 0.717) is 5.92 Å². The van der Waals surface area contributed by atoms with Crippen LogP contribution in [0.2, 0.25) is 0 Å². The summed E-state index contributed by atoms with van der Waals surface area (Å²) in [6, 6.07) is 0. The second-order valence-electron chi connectivity index (χ2n) is 4.49. The van der Waals surface area contributed by atoms with E-state index < -0.39 is 0 Å². The van der Waals surface area contributed by atoms with Crippen molar-refractivity contribution in [2.24, 2.45) is 17.8 Å². The first-order valence-corrected chi connectivity index (χ1v) is 5.39. The topological polar surface area (TPSA) is 26.3 Å². The van der Waals surface area contributed by atoms with Crippen molar-refractivity contribution in [1.29, 1.82) is 0 Å². The Labute approximate surface area is 79.7 Å². The fraction of sp³-hybridized carbons (Fsp3) is 0.909. The zero-order chi connectivity index (χ0) is 9.26. The number of carbonyl (C=O) groups excluding carboxylic acids is 1. The molecule has 0 spiro atoms. The van der Waals surface area contributed by atoms with Crippen molar-refractivity contribution in [2.45, 2.75) is 38.5 Å². The van der Waals surface area contributed by atoms with E-state index >= 15 is 0 Å². The molecular weight excluding hydrogens is 164 g/mol. The number of esters is 1. The molecule has 2 nitrogen and oxygen atoms in total. The fourth-order valence-corrected chi connectivity index (χ4v) is 2.99. The van der Waals surface area contributed by atoms with Gasteiger partial charge in [-0.15, -0.1) is 0 Å². The molecule has 1 atom stereocenters. The lowest BCUT2D eigenvalue weighted by molar-refractivity contribution is -0.147. The normalized spacial score (nSPS) is 38.4. The lowest BCUT2D eigenvalue weighted by Gasteiger charge is -2.25. The van der Waals surface area contributed by atoms with Crippen LogP contribution in [0.1, 0.15) is 38.5 Å². The van der Waals surface area contributed by atoms with Gasteiger partial charge in [0.2, 0.25) is 0 Å². The van der Waals surface area contributed by atoms with Gasteiger partial charge in [-0.25, -0.2) is 0 Å². The molecule has 0 N–H and O–H groups in total. The highest BCUT2D eigenvalue weighted by atomic mass is 16.5. The van der Waals surface area contributed by atoms with Crippen LogP contribution in [0.25, 0.3) is 0 Å². The van der Waals surface area contributed by atoms with Crippen LogP contribution in [0.4, 0.5) is 0 Å². The first-order valence-electron chi connectivity index (χ1n) is 5.39. The molecule has 0 radical (unpaired) electrons. The smallest absolute Gasteiger partial charge is 0.308 e. The van der Waals surface area contributed by atoms with Gasteiger partial charge in [-0.1, -0.05) is 12.8 Å². The van der Waals surface area contributed by atoms with Crippen molar-refractivity contribution in [2.75, 3.05) is 7.11 Å². The minimum atomic E-state index is 0.0348. The summed E-state index contributed by atoms with van der Waals surface area (Å²) in [5.74, 6) is 1.79. The van der Waals surface area contributed by atoms with Gasteiger partial charge in [-0.05, 0) is 37.5 Å². The predicted molar refractivity (Wildman–Crippen MR) is 50.2 cm³/mol. The first-order chi connectivity index (χ1) is 6.31. The molecule has 13 heavy (non-hydrogen) atoms. The predicted octanol–water partition coefficient (Wildman–Crippen LogP) is 2.38. The third-order valence-electron chi connectivity index (χ3n) is 3.85. The van der Waals surface area contributed by atoms with E-state index in [-0.39, 0.29) is 11.9 Å². The standard InChI is InChI=1S/C11H18O2/c1-13-11(12)10-7-4-8-2-5-9(10)6-3-8/h8-10H,2-7H2,1H3/t8?,9?,10-/m1/s1. The second kappa shape index (κ2) is 3.69. The summed E-state index contributed by atoms with van der Waals surface area (Å²) in [6.07, 6.45) is 7.52. The molecule has 0 saturated heterocycles. The quantitative estimate of drug-likeness (QED) is 0.582. The van der Waals surface area contributed by atoms with Crippen molar-refractivity contribution in [3.63, 3.8) is 0 Å². The van der Waals surface area contributed by atoms with Crippen LogP contribution in [0, 0.1) is 17.8 Å². The zero-order valence-electron chi connectivity index (χ0n) is 8.29. The number of ether oxygens (including phenoxy) is 1. The number of rotatable bonds is 1. The van der Waals surface area contributed by atoms with Gasteiger partial charge in [0, 0.05) is 0 Å². The minimum Gasteiger partial charge on any atom is -0.469 e. The van der Waals surface area contributed by atoms with Crippen molar-refractivity contribution < 1.29 is 9.53 Å². The molecule has 3 aliphatic rings. The van der Waals surface area contributed by atoms with Crippen molar-refractivity contribution in [1.82, 2.24) is 0 Å². The summed E-state index contributed by atoms with van der Waals surface area (Å²) in [4.78, 5) is 11.5. The maximum Gasteiger partial charge on any atom is 0.308 e. The van der Waals surface area contributed by atoms with Gasteiger partial charge in [0.25, 0.3) is 0 Å². The van der Waals surface area contributed by atoms with Crippen LogP contribution in [0.3, 0.4) is 0 Å². The highest BCUT2D eigenvalue weighted by Crippen LogP contribution is 2.42. The average Bonchev–Trinajstić information content (AvgIpc) is 2.49. The Bertz CT molecular complexity index is 192. The minimum absolute atomic E-state index is 0.0348. The Kier molecular flexibility index (Phi) is 2.56. The number of methoxy groups -OCH3 is 1. The SMILES string of the molecule is COC(=O)[C@@H]1CCC2CCC1CC2. The molecule has 0 aliphatic heterocycles. The monoisotopic (exact) mass is 182 g/mol. The third kappa shape index (κ3) is 1.72. The first kappa shape index (κ1) is 9.04. The van der Waals surface area contributed by atoms with E-state index in [2.05, 4.69) is 0 Å². The molecule has 0 aromatic carbocycles. The zero-order valence-corrected chi connectivity index (χ0v) is 8.29. The van der Waals surface area contributed by atoms with Crippen LogP contribution in [-0.2, 0) is 9.53 Å². The van der Waals surface area contributed by atoms with E-state index in [1.807, 2.05) is 0 Å². The Hall–Kier alpha value is -0.530. The van der Waals surface area contributed by atoms with Gasteiger partial charge in [0.05, 0.1) is 13.0 Å².